The van der Waals surface area contributed by atoms with Crippen molar-refractivity contribution < 1.29 is 0 Å². The van der Waals surface area contributed by atoms with Gasteiger partial charge in [-0.1, -0.05) is 6.07 Å². The maximum absolute atomic E-state index is 10.9. The van der Waals surface area contributed by atoms with Gasteiger partial charge in [0, 0.05) is 18.0 Å². The molecule has 4 nitrogen and oxygen atoms in total. The summed E-state index contributed by atoms with van der Waals surface area (Å²) in [4.78, 5) is 10.9. The molecule has 0 aliphatic carbocycles. The first-order valence-electron chi connectivity index (χ1n) is 4.31. The zero-order valence-electron chi connectivity index (χ0n) is 7.82. The van der Waals surface area contributed by atoms with Crippen LogP contribution in [0.3, 0.4) is 0 Å². The highest BCUT2D eigenvalue weighted by atomic mass is 16.1. The molecule has 0 bridgehead atoms. The summed E-state index contributed by atoms with van der Waals surface area (Å²) in [5, 5.41) is 2.64. The first kappa shape index (κ1) is 8.62. The Hall–Kier alpha value is -1.97. The molecule has 0 spiro atoms. The number of aromatic nitrogens is 2. The normalized spacial score (nSPS) is 10.4. The molecule has 0 atom stereocenters. The summed E-state index contributed by atoms with van der Waals surface area (Å²) in [7, 11) is 0. The van der Waals surface area contributed by atoms with Crippen LogP contribution in [-0.2, 0) is 0 Å². The van der Waals surface area contributed by atoms with Crippen LogP contribution in [0.15, 0.2) is 35.3 Å². The molecule has 3 N–H and O–H groups in total. The number of benzene rings is 1. The number of rotatable bonds is 1. The van der Waals surface area contributed by atoms with Crippen molar-refractivity contribution in [3.05, 3.63) is 46.4 Å². The van der Waals surface area contributed by atoms with Crippen LogP contribution in [-0.4, -0.2) is 9.78 Å². The first-order valence-corrected chi connectivity index (χ1v) is 4.31. The topological polar surface area (TPSA) is 63.8 Å². The lowest BCUT2D eigenvalue weighted by Gasteiger charge is -2.05. The van der Waals surface area contributed by atoms with Gasteiger partial charge in [-0.25, -0.2) is 0 Å². The van der Waals surface area contributed by atoms with E-state index in [2.05, 4.69) is 5.10 Å². The lowest BCUT2D eigenvalue weighted by atomic mass is 10.2. The van der Waals surface area contributed by atoms with Gasteiger partial charge in [-0.3, -0.25) is 14.6 Å². The van der Waals surface area contributed by atoms with Crippen LogP contribution in [0.25, 0.3) is 5.69 Å². The standard InChI is InChI=1S/C10H11N3O/c1-7-2-3-8(6-9(7)11)13-5-4-10(14)12-13/h2-6H,11H2,1H3,(H,12,14). The number of nitrogens with zero attached hydrogens (tertiary/aromatic N) is 1. The van der Waals surface area contributed by atoms with Crippen molar-refractivity contribution in [1.29, 1.82) is 0 Å². The van der Waals surface area contributed by atoms with Gasteiger partial charge in [0.25, 0.3) is 5.56 Å². The van der Waals surface area contributed by atoms with Gasteiger partial charge in [0.15, 0.2) is 0 Å². The van der Waals surface area contributed by atoms with Gasteiger partial charge in [0.1, 0.15) is 0 Å². The Morgan fingerprint density at radius 1 is 1.36 bits per heavy atom. The highest BCUT2D eigenvalue weighted by Gasteiger charge is 1.98. The largest absolute Gasteiger partial charge is 0.398 e. The Bertz CT molecular complexity index is 510. The third-order valence-electron chi connectivity index (χ3n) is 2.15. The molecule has 0 fully saturated rings. The number of hydrogen-bond donors (Lipinski definition) is 2. The van der Waals surface area contributed by atoms with Crippen LogP contribution in [0.5, 0.6) is 0 Å². The molecule has 0 aliphatic heterocycles. The summed E-state index contributed by atoms with van der Waals surface area (Å²) in [5.41, 5.74) is 8.25. The molecule has 4 heteroatoms. The van der Waals surface area contributed by atoms with Crippen molar-refractivity contribution in [2.24, 2.45) is 0 Å². The van der Waals surface area contributed by atoms with Gasteiger partial charge in [-0.15, -0.1) is 0 Å². The fraction of sp³-hybridized carbons (Fsp3) is 0.100. The van der Waals surface area contributed by atoms with Gasteiger partial charge < -0.3 is 5.73 Å². The maximum atomic E-state index is 10.9. The molecule has 2 rings (SSSR count). The van der Waals surface area contributed by atoms with Crippen LogP contribution in [0.4, 0.5) is 5.69 Å². The van der Waals surface area contributed by atoms with Crippen LogP contribution < -0.4 is 11.3 Å². The summed E-state index contributed by atoms with van der Waals surface area (Å²) < 4.78 is 1.64. The SMILES string of the molecule is Cc1ccc(-n2ccc(=O)[nH]2)cc1N. The van der Waals surface area contributed by atoms with E-state index in [1.807, 2.05) is 25.1 Å². The van der Waals surface area contributed by atoms with E-state index in [0.29, 0.717) is 0 Å². The van der Waals surface area contributed by atoms with E-state index in [4.69, 9.17) is 5.73 Å². The molecular formula is C10H11N3O. The lowest BCUT2D eigenvalue weighted by Crippen LogP contribution is -2.03. The van der Waals surface area contributed by atoms with Crippen molar-refractivity contribution >= 4 is 5.69 Å². The number of nitrogens with one attached hydrogen (secondary N) is 1. The third-order valence-corrected chi connectivity index (χ3v) is 2.15. The molecule has 2 aromatic rings. The monoisotopic (exact) mass is 189 g/mol. The molecule has 14 heavy (non-hydrogen) atoms. The molecule has 0 amide bonds. The third kappa shape index (κ3) is 1.42. The van der Waals surface area contributed by atoms with Crippen molar-refractivity contribution in [2.75, 3.05) is 5.73 Å². The van der Waals surface area contributed by atoms with Crippen LogP contribution in [0, 0.1) is 6.92 Å². The molecule has 0 unspecified atom stereocenters. The highest BCUT2D eigenvalue weighted by Crippen LogP contribution is 2.14. The Labute approximate surface area is 81.0 Å². The summed E-state index contributed by atoms with van der Waals surface area (Å²) in [5.74, 6) is 0. The first-order chi connectivity index (χ1) is 6.66. The average molecular weight is 189 g/mol. The van der Waals surface area contributed by atoms with Crippen molar-refractivity contribution in [2.45, 2.75) is 6.92 Å². The minimum Gasteiger partial charge on any atom is -0.398 e. The number of nitrogen functional groups attached to an aromatic ring is 1. The maximum Gasteiger partial charge on any atom is 0.264 e. The number of aromatic amines is 1. The summed E-state index contributed by atoms with van der Waals surface area (Å²) >= 11 is 0. The zero-order chi connectivity index (χ0) is 10.1. The van der Waals surface area contributed by atoms with Crippen molar-refractivity contribution in [1.82, 2.24) is 9.78 Å². The van der Waals surface area contributed by atoms with E-state index in [1.54, 1.807) is 10.9 Å². The lowest BCUT2D eigenvalue weighted by molar-refractivity contribution is 0.864. The molecule has 72 valence electrons. The van der Waals surface area contributed by atoms with E-state index in [1.165, 1.54) is 6.07 Å². The van der Waals surface area contributed by atoms with Gasteiger partial charge in [-0.05, 0) is 24.6 Å². The fourth-order valence-electron chi connectivity index (χ4n) is 1.26. The fourth-order valence-corrected chi connectivity index (χ4v) is 1.26. The van der Waals surface area contributed by atoms with Crippen LogP contribution in [0.2, 0.25) is 0 Å². The second-order valence-electron chi connectivity index (χ2n) is 3.20. The second kappa shape index (κ2) is 3.06. The zero-order valence-corrected chi connectivity index (χ0v) is 7.82. The average Bonchev–Trinajstić information content (AvgIpc) is 2.57. The minimum atomic E-state index is -0.121. The number of anilines is 1. The van der Waals surface area contributed by atoms with E-state index in [9.17, 15) is 4.79 Å². The van der Waals surface area contributed by atoms with E-state index >= 15 is 0 Å². The number of aryl methyl sites for hydroxylation is 1. The van der Waals surface area contributed by atoms with E-state index in [-0.39, 0.29) is 5.56 Å². The summed E-state index contributed by atoms with van der Waals surface area (Å²) in [6.07, 6.45) is 1.67. The predicted molar refractivity (Wildman–Crippen MR) is 55.5 cm³/mol. The van der Waals surface area contributed by atoms with Crippen LogP contribution >= 0.6 is 0 Å². The van der Waals surface area contributed by atoms with E-state index in [0.717, 1.165) is 16.9 Å². The molecular weight excluding hydrogens is 178 g/mol. The summed E-state index contributed by atoms with van der Waals surface area (Å²) in [6.45, 7) is 1.94. The second-order valence-corrected chi connectivity index (χ2v) is 3.20. The molecule has 0 aliphatic rings. The quantitative estimate of drug-likeness (QED) is 0.659. The number of hydrogen-bond acceptors (Lipinski definition) is 2. The summed E-state index contributed by atoms with van der Waals surface area (Å²) in [6, 6.07) is 7.12. The Kier molecular flexibility index (Phi) is 1.89. The van der Waals surface area contributed by atoms with Gasteiger partial charge >= 0.3 is 0 Å². The number of H-pyrrole nitrogens is 1. The molecule has 0 saturated heterocycles. The molecule has 1 heterocycles. The van der Waals surface area contributed by atoms with E-state index < -0.39 is 0 Å². The number of nitrogens with two attached hydrogens (primary N) is 1. The van der Waals surface area contributed by atoms with Crippen LogP contribution in [0.1, 0.15) is 5.56 Å². The highest BCUT2D eigenvalue weighted by molar-refractivity contribution is 5.52. The van der Waals surface area contributed by atoms with Gasteiger partial charge in [0.2, 0.25) is 0 Å². The minimum absolute atomic E-state index is 0.121. The molecule has 1 aromatic heterocycles. The van der Waals surface area contributed by atoms with Crippen molar-refractivity contribution in [3.63, 3.8) is 0 Å². The van der Waals surface area contributed by atoms with Gasteiger partial charge in [-0.2, -0.15) is 0 Å². The Balaban J connectivity index is 2.52. The predicted octanol–water partition coefficient (Wildman–Crippen LogP) is 1.06. The van der Waals surface area contributed by atoms with Gasteiger partial charge in [0.05, 0.1) is 5.69 Å². The Morgan fingerprint density at radius 3 is 2.71 bits per heavy atom. The Morgan fingerprint density at radius 2 is 2.14 bits per heavy atom. The molecule has 0 radical (unpaired) electrons. The smallest absolute Gasteiger partial charge is 0.264 e. The van der Waals surface area contributed by atoms with Crippen molar-refractivity contribution in [3.8, 4) is 5.69 Å². The molecule has 1 aromatic carbocycles. The molecule has 0 saturated carbocycles.